The molecule has 3 N–H and O–H groups in total. The zero-order valence-electron chi connectivity index (χ0n) is 19.0. The minimum absolute atomic E-state index is 0.0111. The van der Waals surface area contributed by atoms with Crippen molar-refractivity contribution in [3.63, 3.8) is 0 Å². The zero-order valence-corrected chi connectivity index (χ0v) is 22.8. The molecule has 6 nitrogen and oxygen atoms in total. The van der Waals surface area contributed by atoms with E-state index in [2.05, 4.69) is 14.8 Å². The van der Waals surface area contributed by atoms with Crippen LogP contribution in [0.25, 0.3) is 0 Å². The van der Waals surface area contributed by atoms with Crippen molar-refractivity contribution in [1.29, 1.82) is 0 Å². The molecule has 0 radical (unpaired) electrons. The number of benzene rings is 3. The van der Waals surface area contributed by atoms with Gasteiger partial charge in [0.05, 0.1) is 22.3 Å². The van der Waals surface area contributed by atoms with Crippen molar-refractivity contribution in [2.75, 3.05) is 20.5 Å². The topological polar surface area (TPSA) is 79.5 Å². The van der Waals surface area contributed by atoms with E-state index in [1.165, 1.54) is 24.1 Å². The molecule has 0 atom stereocenters. The Morgan fingerprint density at radius 3 is 2.51 bits per heavy atom. The number of hydrogen-bond donors (Lipinski definition) is 3. The normalized spacial score (nSPS) is 13.4. The lowest BCUT2D eigenvalue weighted by Gasteiger charge is -2.20. The van der Waals surface area contributed by atoms with Crippen LogP contribution in [0.5, 0.6) is 11.5 Å². The summed E-state index contributed by atoms with van der Waals surface area (Å²) in [5, 5.41) is 2.31. The van der Waals surface area contributed by atoms with E-state index in [9.17, 15) is 17.2 Å². The Balaban J connectivity index is 1.77. The second kappa shape index (κ2) is 10.8. The van der Waals surface area contributed by atoms with Crippen LogP contribution in [0.15, 0.2) is 48.5 Å². The molecule has 0 unspecified atom stereocenters. The highest BCUT2D eigenvalue weighted by Gasteiger charge is 2.37. The van der Waals surface area contributed by atoms with Gasteiger partial charge in [-0.25, -0.2) is 17.2 Å². The highest BCUT2D eigenvalue weighted by Crippen LogP contribution is 2.42. The van der Waals surface area contributed by atoms with Gasteiger partial charge in [0.15, 0.2) is 5.75 Å². The van der Waals surface area contributed by atoms with Crippen molar-refractivity contribution >= 4 is 67.3 Å². The molecular weight excluding hydrogens is 607 g/mol. The van der Waals surface area contributed by atoms with Crippen LogP contribution in [-0.2, 0) is 10.0 Å². The summed E-state index contributed by atoms with van der Waals surface area (Å²) in [7, 11) is -3.73. The van der Waals surface area contributed by atoms with Crippen LogP contribution in [-0.4, -0.2) is 19.4 Å². The molecule has 0 heterocycles. The van der Waals surface area contributed by atoms with E-state index in [0.717, 1.165) is 29.1 Å². The summed E-state index contributed by atoms with van der Waals surface area (Å²) < 4.78 is 67.5. The molecule has 186 valence electrons. The van der Waals surface area contributed by atoms with Crippen LogP contribution in [0.4, 0.5) is 31.5 Å². The van der Waals surface area contributed by atoms with Crippen LogP contribution < -0.4 is 19.5 Å². The number of hydrogen-bond acceptors (Lipinski definition) is 6. The number of anilines is 4. The standard InChI is InChI=1S/C24H24F2IN3O3S2/c1-3-34-29-19-5-4-6-22(14(19)2)33-23-12-15(25)11-21(24(23)30-35(31,32)17-8-9-17)28-20-10-7-16(27)13-18(20)26/h4-7,10-13,17,28-30H,3,8-9H2,1-2H3. The van der Waals surface area contributed by atoms with Crippen molar-refractivity contribution in [2.45, 2.75) is 31.9 Å². The number of sulfonamides is 1. The van der Waals surface area contributed by atoms with Gasteiger partial charge < -0.3 is 14.8 Å². The number of halogens is 3. The average molecular weight is 632 g/mol. The van der Waals surface area contributed by atoms with Gasteiger partial charge in [-0.3, -0.25) is 4.72 Å². The lowest BCUT2D eigenvalue weighted by molar-refractivity contribution is 0.476. The SMILES string of the molecule is CCSNc1cccc(Oc2cc(F)cc(Nc3ccc(I)cc3F)c2NS(=O)(=O)C2CC2)c1C. The van der Waals surface area contributed by atoms with Gasteiger partial charge in [-0.15, -0.1) is 0 Å². The maximum Gasteiger partial charge on any atom is 0.235 e. The minimum atomic E-state index is -3.73. The molecule has 0 bridgehead atoms. The monoisotopic (exact) mass is 631 g/mol. The van der Waals surface area contributed by atoms with E-state index in [1.807, 2.05) is 42.5 Å². The lowest BCUT2D eigenvalue weighted by Crippen LogP contribution is -2.19. The smallest absolute Gasteiger partial charge is 0.235 e. The summed E-state index contributed by atoms with van der Waals surface area (Å²) in [6, 6.07) is 12.1. The fourth-order valence-corrected chi connectivity index (χ4v) is 5.70. The molecule has 11 heteroatoms. The lowest BCUT2D eigenvalue weighted by atomic mass is 10.2. The molecule has 0 spiro atoms. The van der Waals surface area contributed by atoms with Gasteiger partial charge in [-0.2, -0.15) is 0 Å². The van der Waals surface area contributed by atoms with E-state index in [4.69, 9.17) is 4.74 Å². The van der Waals surface area contributed by atoms with Crippen molar-refractivity contribution in [3.05, 3.63) is 69.3 Å². The van der Waals surface area contributed by atoms with Crippen molar-refractivity contribution in [1.82, 2.24) is 0 Å². The van der Waals surface area contributed by atoms with E-state index in [0.29, 0.717) is 22.2 Å². The van der Waals surface area contributed by atoms with Gasteiger partial charge in [0.25, 0.3) is 0 Å². The summed E-state index contributed by atoms with van der Waals surface area (Å²) >= 11 is 3.50. The molecule has 1 saturated carbocycles. The molecule has 0 aromatic heterocycles. The number of nitrogens with one attached hydrogen (secondary N) is 3. The van der Waals surface area contributed by atoms with Gasteiger partial charge in [-0.1, -0.05) is 24.9 Å². The zero-order chi connectivity index (χ0) is 25.2. The number of ether oxygens (including phenoxy) is 1. The van der Waals surface area contributed by atoms with Gasteiger partial charge in [-0.05, 0) is 78.8 Å². The second-order valence-electron chi connectivity index (χ2n) is 7.99. The Hall–Kier alpha value is -2.25. The maximum absolute atomic E-state index is 14.7. The summed E-state index contributed by atoms with van der Waals surface area (Å²) in [6.45, 7) is 3.87. The first-order valence-corrected chi connectivity index (χ1v) is 14.5. The molecular formula is C24H24F2IN3O3S2. The van der Waals surface area contributed by atoms with Gasteiger partial charge >= 0.3 is 0 Å². The third-order valence-corrected chi connectivity index (χ3v) is 8.47. The van der Waals surface area contributed by atoms with Crippen LogP contribution in [0.2, 0.25) is 0 Å². The fraction of sp³-hybridized carbons (Fsp3) is 0.250. The third kappa shape index (κ3) is 6.31. The highest BCUT2D eigenvalue weighted by atomic mass is 127. The molecule has 4 rings (SSSR count). The maximum atomic E-state index is 14.7. The predicted octanol–water partition coefficient (Wildman–Crippen LogP) is 7.40. The average Bonchev–Trinajstić information content (AvgIpc) is 3.65. The molecule has 35 heavy (non-hydrogen) atoms. The van der Waals surface area contributed by atoms with Crippen molar-refractivity contribution in [3.8, 4) is 11.5 Å². The van der Waals surface area contributed by atoms with Gasteiger partial charge in [0, 0.05) is 21.0 Å². The Morgan fingerprint density at radius 1 is 1.06 bits per heavy atom. The Bertz CT molecular complexity index is 1350. The van der Waals surface area contributed by atoms with E-state index in [-0.39, 0.29) is 22.8 Å². The Morgan fingerprint density at radius 2 is 1.83 bits per heavy atom. The molecule has 1 fully saturated rings. The van der Waals surface area contributed by atoms with Crippen LogP contribution >= 0.6 is 34.5 Å². The first kappa shape index (κ1) is 25.8. The predicted molar refractivity (Wildman–Crippen MR) is 147 cm³/mol. The third-order valence-electron chi connectivity index (χ3n) is 5.31. The number of rotatable bonds is 10. The molecule has 3 aromatic rings. The first-order valence-electron chi connectivity index (χ1n) is 10.9. The molecule has 1 aliphatic carbocycles. The minimum Gasteiger partial charge on any atom is -0.455 e. The Kier molecular flexibility index (Phi) is 7.96. The summed E-state index contributed by atoms with van der Waals surface area (Å²) in [5.74, 6) is 0.0200. The highest BCUT2D eigenvalue weighted by molar-refractivity contribution is 14.1. The van der Waals surface area contributed by atoms with E-state index in [1.54, 1.807) is 18.2 Å². The summed E-state index contributed by atoms with van der Waals surface area (Å²) in [4.78, 5) is 0. The van der Waals surface area contributed by atoms with Gasteiger partial charge in [0.2, 0.25) is 10.0 Å². The summed E-state index contributed by atoms with van der Waals surface area (Å²) in [5.41, 5.74) is 1.72. The Labute approximate surface area is 221 Å². The van der Waals surface area contributed by atoms with E-state index < -0.39 is 26.9 Å². The van der Waals surface area contributed by atoms with Crippen molar-refractivity contribution < 1.29 is 21.9 Å². The quantitative estimate of drug-likeness (QED) is 0.160. The summed E-state index contributed by atoms with van der Waals surface area (Å²) in [6.07, 6.45) is 1.09. The van der Waals surface area contributed by atoms with Crippen LogP contribution in [0, 0.1) is 22.1 Å². The van der Waals surface area contributed by atoms with Crippen LogP contribution in [0.1, 0.15) is 25.3 Å². The van der Waals surface area contributed by atoms with Crippen LogP contribution in [0.3, 0.4) is 0 Å². The second-order valence-corrected chi connectivity index (χ2v) is 12.3. The molecule has 1 aliphatic rings. The van der Waals surface area contributed by atoms with E-state index >= 15 is 0 Å². The largest absolute Gasteiger partial charge is 0.455 e. The van der Waals surface area contributed by atoms with Crippen molar-refractivity contribution in [2.24, 2.45) is 0 Å². The fourth-order valence-electron chi connectivity index (χ4n) is 3.31. The molecule has 3 aromatic carbocycles. The molecule has 0 aliphatic heterocycles. The molecule has 0 amide bonds. The molecule has 0 saturated heterocycles. The van der Waals surface area contributed by atoms with Gasteiger partial charge in [0.1, 0.15) is 23.1 Å². The first-order chi connectivity index (χ1) is 16.7.